The zero-order valence-corrected chi connectivity index (χ0v) is 17.7. The molecular formula is C26H28N2O3. The fourth-order valence-corrected chi connectivity index (χ4v) is 3.24. The topological polar surface area (TPSA) is 67.4 Å². The molecule has 2 N–H and O–H groups in total. The number of alkyl carbamates (subject to hydrolysis) is 1. The Morgan fingerprint density at radius 2 is 1.35 bits per heavy atom. The van der Waals surface area contributed by atoms with E-state index in [1.807, 2.05) is 91.0 Å². The number of hydrogen-bond acceptors (Lipinski definition) is 3. The van der Waals surface area contributed by atoms with Gasteiger partial charge in [0, 0.05) is 13.0 Å². The second-order valence-corrected chi connectivity index (χ2v) is 7.51. The fourth-order valence-electron chi connectivity index (χ4n) is 3.24. The summed E-state index contributed by atoms with van der Waals surface area (Å²) in [5.41, 5.74) is 3.00. The van der Waals surface area contributed by atoms with E-state index in [0.717, 1.165) is 16.7 Å². The molecule has 0 saturated carbocycles. The van der Waals surface area contributed by atoms with E-state index in [0.29, 0.717) is 13.0 Å². The first-order chi connectivity index (χ1) is 15.1. The van der Waals surface area contributed by atoms with Gasteiger partial charge in [-0.05, 0) is 22.6 Å². The van der Waals surface area contributed by atoms with E-state index >= 15 is 0 Å². The van der Waals surface area contributed by atoms with Gasteiger partial charge in [-0.15, -0.1) is 0 Å². The maximum absolute atomic E-state index is 12.9. The Morgan fingerprint density at radius 1 is 0.806 bits per heavy atom. The van der Waals surface area contributed by atoms with Crippen LogP contribution in [0.2, 0.25) is 0 Å². The van der Waals surface area contributed by atoms with Crippen LogP contribution in [-0.4, -0.2) is 24.6 Å². The van der Waals surface area contributed by atoms with Crippen LogP contribution in [0.25, 0.3) is 0 Å². The summed E-state index contributed by atoms with van der Waals surface area (Å²) in [5.74, 6) is -0.0733. The van der Waals surface area contributed by atoms with Crippen LogP contribution in [0.15, 0.2) is 91.0 Å². The highest BCUT2D eigenvalue weighted by Crippen LogP contribution is 2.13. The lowest BCUT2D eigenvalue weighted by Crippen LogP contribution is -2.48. The molecule has 3 aromatic rings. The van der Waals surface area contributed by atoms with Gasteiger partial charge in [0.1, 0.15) is 12.6 Å². The highest BCUT2D eigenvalue weighted by Gasteiger charge is 2.22. The number of hydrogen-bond donors (Lipinski definition) is 2. The average molecular weight is 417 g/mol. The third kappa shape index (κ3) is 7.30. The molecule has 0 radical (unpaired) electrons. The summed E-state index contributed by atoms with van der Waals surface area (Å²) in [6.45, 7) is 2.69. The van der Waals surface area contributed by atoms with Crippen LogP contribution in [0.1, 0.15) is 29.5 Å². The normalized spacial score (nSPS) is 12.4. The Labute approximate surface area is 183 Å². The fraction of sp³-hybridized carbons (Fsp3) is 0.231. The summed E-state index contributed by atoms with van der Waals surface area (Å²) in [5, 5.41) is 5.70. The molecule has 3 rings (SSSR count). The number of carbonyl (C=O) groups excluding carboxylic acids is 2. The van der Waals surface area contributed by atoms with E-state index in [4.69, 9.17) is 4.74 Å². The molecule has 2 amide bonds. The summed E-state index contributed by atoms with van der Waals surface area (Å²) in [6, 6.07) is 28.3. The molecular weight excluding hydrogens is 388 g/mol. The number of nitrogens with one attached hydrogen (secondary N) is 2. The average Bonchev–Trinajstić information content (AvgIpc) is 2.82. The number of amides is 2. The Kier molecular flexibility index (Phi) is 8.23. The van der Waals surface area contributed by atoms with Gasteiger partial charge in [-0.1, -0.05) is 97.9 Å². The molecule has 5 heteroatoms. The summed E-state index contributed by atoms with van der Waals surface area (Å²) in [7, 11) is 0. The van der Waals surface area contributed by atoms with Crippen molar-refractivity contribution in [3.63, 3.8) is 0 Å². The molecule has 0 fully saturated rings. The molecule has 0 aliphatic carbocycles. The Morgan fingerprint density at radius 3 is 1.97 bits per heavy atom. The van der Waals surface area contributed by atoms with E-state index in [2.05, 4.69) is 17.6 Å². The van der Waals surface area contributed by atoms with Gasteiger partial charge in [0.25, 0.3) is 0 Å². The SMILES string of the molecule is C[C@H](CNC(=O)[C@H](Cc1ccccc1)NC(=O)OCc1ccccc1)c1ccccc1. The van der Waals surface area contributed by atoms with E-state index in [9.17, 15) is 9.59 Å². The van der Waals surface area contributed by atoms with Crippen LogP contribution >= 0.6 is 0 Å². The van der Waals surface area contributed by atoms with Crippen molar-refractivity contribution >= 4 is 12.0 Å². The molecule has 160 valence electrons. The van der Waals surface area contributed by atoms with Crippen molar-refractivity contribution in [1.29, 1.82) is 0 Å². The maximum Gasteiger partial charge on any atom is 0.408 e. The maximum atomic E-state index is 12.9. The van der Waals surface area contributed by atoms with E-state index < -0.39 is 12.1 Å². The summed E-state index contributed by atoms with van der Waals surface area (Å²) in [6.07, 6.45) is -0.233. The van der Waals surface area contributed by atoms with Crippen molar-refractivity contribution in [2.24, 2.45) is 0 Å². The van der Waals surface area contributed by atoms with Crippen molar-refractivity contribution < 1.29 is 14.3 Å². The van der Waals surface area contributed by atoms with Gasteiger partial charge in [-0.25, -0.2) is 4.79 Å². The van der Waals surface area contributed by atoms with Gasteiger partial charge in [0.15, 0.2) is 0 Å². The zero-order chi connectivity index (χ0) is 21.9. The molecule has 2 atom stereocenters. The number of rotatable bonds is 9. The molecule has 0 saturated heterocycles. The first kappa shape index (κ1) is 22.1. The number of carbonyl (C=O) groups is 2. The van der Waals surface area contributed by atoms with E-state index in [1.54, 1.807) is 0 Å². The van der Waals surface area contributed by atoms with Gasteiger partial charge in [0.05, 0.1) is 0 Å². The van der Waals surface area contributed by atoms with Crippen LogP contribution in [-0.2, 0) is 22.6 Å². The minimum Gasteiger partial charge on any atom is -0.445 e. The van der Waals surface area contributed by atoms with Gasteiger partial charge >= 0.3 is 6.09 Å². The largest absolute Gasteiger partial charge is 0.445 e. The smallest absolute Gasteiger partial charge is 0.408 e. The van der Waals surface area contributed by atoms with Crippen LogP contribution in [0.5, 0.6) is 0 Å². The van der Waals surface area contributed by atoms with E-state index in [1.165, 1.54) is 0 Å². The third-order valence-corrected chi connectivity index (χ3v) is 5.06. The van der Waals surface area contributed by atoms with Crippen molar-refractivity contribution in [1.82, 2.24) is 10.6 Å². The highest BCUT2D eigenvalue weighted by atomic mass is 16.5. The van der Waals surface area contributed by atoms with Gasteiger partial charge in [0.2, 0.25) is 5.91 Å². The van der Waals surface area contributed by atoms with Crippen LogP contribution in [0.3, 0.4) is 0 Å². The van der Waals surface area contributed by atoms with E-state index in [-0.39, 0.29) is 18.4 Å². The quantitative estimate of drug-likeness (QED) is 0.542. The van der Waals surface area contributed by atoms with Gasteiger partial charge in [-0.2, -0.15) is 0 Å². The molecule has 0 unspecified atom stereocenters. The lowest BCUT2D eigenvalue weighted by Gasteiger charge is -2.20. The van der Waals surface area contributed by atoms with Gasteiger partial charge in [-0.3, -0.25) is 4.79 Å². The summed E-state index contributed by atoms with van der Waals surface area (Å²) in [4.78, 5) is 25.3. The van der Waals surface area contributed by atoms with Crippen molar-refractivity contribution in [3.05, 3.63) is 108 Å². The minimum atomic E-state index is -0.728. The molecule has 0 aromatic heterocycles. The Hall–Kier alpha value is -3.60. The van der Waals surface area contributed by atoms with Crippen molar-refractivity contribution in [2.45, 2.75) is 31.9 Å². The Balaban J connectivity index is 1.59. The second kappa shape index (κ2) is 11.6. The number of benzene rings is 3. The zero-order valence-electron chi connectivity index (χ0n) is 17.7. The molecule has 0 aliphatic heterocycles. The molecule has 3 aromatic carbocycles. The molecule has 31 heavy (non-hydrogen) atoms. The number of ether oxygens (including phenoxy) is 1. The standard InChI is InChI=1S/C26H28N2O3/c1-20(23-15-9-4-10-16-23)18-27-25(29)24(17-21-11-5-2-6-12-21)28-26(30)31-19-22-13-7-3-8-14-22/h2-16,20,24H,17-19H2,1H3,(H,27,29)(H,28,30)/t20-,24+/m1/s1. The molecule has 0 spiro atoms. The van der Waals surface area contributed by atoms with Crippen molar-refractivity contribution in [2.75, 3.05) is 6.54 Å². The first-order valence-corrected chi connectivity index (χ1v) is 10.5. The Bertz CT molecular complexity index is 946. The van der Waals surface area contributed by atoms with Crippen LogP contribution in [0, 0.1) is 0 Å². The summed E-state index contributed by atoms with van der Waals surface area (Å²) < 4.78 is 5.31. The monoisotopic (exact) mass is 416 g/mol. The van der Waals surface area contributed by atoms with Crippen LogP contribution in [0.4, 0.5) is 4.79 Å². The molecule has 0 bridgehead atoms. The van der Waals surface area contributed by atoms with Crippen molar-refractivity contribution in [3.8, 4) is 0 Å². The molecule has 5 nitrogen and oxygen atoms in total. The predicted octanol–water partition coefficient (Wildman–Crippen LogP) is 4.44. The van der Waals surface area contributed by atoms with Gasteiger partial charge < -0.3 is 15.4 Å². The lowest BCUT2D eigenvalue weighted by molar-refractivity contribution is -0.123. The lowest BCUT2D eigenvalue weighted by atomic mass is 10.0. The molecule has 0 aliphatic rings. The predicted molar refractivity (Wildman–Crippen MR) is 122 cm³/mol. The summed E-state index contributed by atoms with van der Waals surface area (Å²) >= 11 is 0. The highest BCUT2D eigenvalue weighted by molar-refractivity contribution is 5.86. The third-order valence-electron chi connectivity index (χ3n) is 5.06. The molecule has 0 heterocycles. The second-order valence-electron chi connectivity index (χ2n) is 7.51. The minimum absolute atomic E-state index is 0.150. The van der Waals surface area contributed by atoms with Crippen LogP contribution < -0.4 is 10.6 Å². The first-order valence-electron chi connectivity index (χ1n) is 10.5.